The number of hydrogen-bond acceptors (Lipinski definition) is 4. The van der Waals surface area contributed by atoms with Crippen LogP contribution < -0.4 is 0 Å². The minimum atomic E-state index is 0.127. The van der Waals surface area contributed by atoms with Crippen molar-refractivity contribution in [3.63, 3.8) is 0 Å². The average Bonchev–Trinajstić information content (AvgIpc) is 3.18. The van der Waals surface area contributed by atoms with Crippen LogP contribution in [0.25, 0.3) is 10.6 Å². The van der Waals surface area contributed by atoms with Crippen LogP contribution in [-0.2, 0) is 0 Å². The van der Waals surface area contributed by atoms with Gasteiger partial charge in [0.2, 0.25) is 0 Å². The third-order valence-electron chi connectivity index (χ3n) is 5.12. The summed E-state index contributed by atoms with van der Waals surface area (Å²) >= 11 is 1.55. The number of amides is 1. The van der Waals surface area contributed by atoms with Crippen LogP contribution in [0, 0.1) is 0 Å². The van der Waals surface area contributed by atoms with Gasteiger partial charge in [-0.1, -0.05) is 0 Å². The number of aromatic amines is 1. The normalized spacial score (nSPS) is 21.0. The lowest BCUT2D eigenvalue weighted by molar-refractivity contribution is -0.0347. The van der Waals surface area contributed by atoms with Gasteiger partial charge >= 0.3 is 0 Å². The highest BCUT2D eigenvalue weighted by Gasteiger charge is 2.48. The van der Waals surface area contributed by atoms with Crippen molar-refractivity contribution in [1.82, 2.24) is 20.0 Å². The summed E-state index contributed by atoms with van der Waals surface area (Å²) < 4.78 is 0. The van der Waals surface area contributed by atoms with Gasteiger partial charge in [0.1, 0.15) is 0 Å². The van der Waals surface area contributed by atoms with Gasteiger partial charge in [-0.25, -0.2) is 0 Å². The van der Waals surface area contributed by atoms with Crippen molar-refractivity contribution < 1.29 is 4.79 Å². The van der Waals surface area contributed by atoms with Gasteiger partial charge in [0.05, 0.1) is 15.4 Å². The Morgan fingerprint density at radius 1 is 1.23 bits per heavy atom. The molecule has 0 bridgehead atoms. The fourth-order valence-electron chi connectivity index (χ4n) is 3.54. The van der Waals surface area contributed by atoms with Gasteiger partial charge in [-0.2, -0.15) is 5.10 Å². The Hall–Kier alpha value is -1.66. The number of rotatable bonds is 2. The molecule has 6 heteroatoms. The van der Waals surface area contributed by atoms with Crippen molar-refractivity contribution in [2.45, 2.75) is 24.8 Å². The molecule has 0 aromatic carbocycles. The maximum absolute atomic E-state index is 12.9. The zero-order valence-corrected chi connectivity index (χ0v) is 13.5. The number of hydrogen-bond donors (Lipinski definition) is 1. The van der Waals surface area contributed by atoms with Crippen molar-refractivity contribution in [1.29, 1.82) is 0 Å². The fourth-order valence-corrected chi connectivity index (χ4v) is 4.47. The molecule has 0 atom stereocenters. The van der Waals surface area contributed by atoms with Gasteiger partial charge in [-0.15, -0.1) is 11.3 Å². The quantitative estimate of drug-likeness (QED) is 0.926. The number of thiophene rings is 1. The van der Waals surface area contributed by atoms with Crippen molar-refractivity contribution in [2.75, 3.05) is 26.7 Å². The van der Waals surface area contributed by atoms with Crippen LogP contribution in [0.3, 0.4) is 0 Å². The number of aromatic nitrogens is 2. The zero-order chi connectivity index (χ0) is 15.2. The molecule has 1 N–H and O–H groups in total. The topological polar surface area (TPSA) is 52.2 Å². The number of nitrogens with zero attached hydrogens (tertiary/aromatic N) is 3. The molecule has 116 valence electrons. The van der Waals surface area contributed by atoms with E-state index in [0.717, 1.165) is 54.3 Å². The van der Waals surface area contributed by atoms with E-state index in [4.69, 9.17) is 0 Å². The molecule has 1 spiro atoms. The summed E-state index contributed by atoms with van der Waals surface area (Å²) in [5.41, 5.74) is 1.10. The van der Waals surface area contributed by atoms with Crippen LogP contribution in [0.2, 0.25) is 0 Å². The van der Waals surface area contributed by atoms with E-state index in [-0.39, 0.29) is 11.4 Å². The molecule has 2 aromatic heterocycles. The van der Waals surface area contributed by atoms with E-state index >= 15 is 0 Å². The number of carbonyl (C=O) groups is 1. The van der Waals surface area contributed by atoms with Crippen molar-refractivity contribution in [2.24, 2.45) is 0 Å². The first-order valence-corrected chi connectivity index (χ1v) is 8.60. The molecule has 1 amide bonds. The maximum Gasteiger partial charge on any atom is 0.264 e. The highest BCUT2D eigenvalue weighted by Crippen LogP contribution is 2.41. The number of carbonyl (C=O) groups excluding carboxylic acids is 1. The number of H-pyrrole nitrogens is 1. The second-order valence-corrected chi connectivity index (χ2v) is 7.45. The van der Waals surface area contributed by atoms with Crippen molar-refractivity contribution in [3.8, 4) is 10.6 Å². The SMILES string of the molecule is CN1CCC2(CC1)CCN2C(=O)c1ccc(-c2ccn[nH]2)s1. The summed E-state index contributed by atoms with van der Waals surface area (Å²) in [5, 5.41) is 6.93. The largest absolute Gasteiger partial charge is 0.332 e. The Bertz CT molecular complexity index is 670. The van der Waals surface area contributed by atoms with E-state index < -0.39 is 0 Å². The second kappa shape index (κ2) is 5.21. The molecule has 2 aromatic rings. The van der Waals surface area contributed by atoms with Gasteiger partial charge in [0.25, 0.3) is 5.91 Å². The smallest absolute Gasteiger partial charge is 0.264 e. The van der Waals surface area contributed by atoms with Gasteiger partial charge in [-0.05, 0) is 44.5 Å². The van der Waals surface area contributed by atoms with E-state index in [1.807, 2.05) is 18.2 Å². The summed E-state index contributed by atoms with van der Waals surface area (Å²) in [6.45, 7) is 3.08. The summed E-state index contributed by atoms with van der Waals surface area (Å²) in [6, 6.07) is 5.89. The molecule has 0 unspecified atom stereocenters. The molecule has 2 fully saturated rings. The lowest BCUT2D eigenvalue weighted by Gasteiger charge is -2.56. The molecule has 2 aliphatic heterocycles. The molecule has 0 aliphatic carbocycles. The van der Waals surface area contributed by atoms with E-state index in [1.165, 1.54) is 0 Å². The predicted octanol–water partition coefficient (Wildman–Crippen LogP) is 2.45. The fraction of sp³-hybridized carbons (Fsp3) is 0.500. The minimum Gasteiger partial charge on any atom is -0.332 e. The molecule has 4 heterocycles. The Balaban J connectivity index is 1.53. The van der Waals surface area contributed by atoms with Crippen LogP contribution in [0.1, 0.15) is 28.9 Å². The Morgan fingerprint density at radius 2 is 2.00 bits per heavy atom. The molecule has 2 aliphatic rings. The molecule has 22 heavy (non-hydrogen) atoms. The lowest BCUT2D eigenvalue weighted by atomic mass is 9.76. The third kappa shape index (κ3) is 2.18. The van der Waals surface area contributed by atoms with Crippen molar-refractivity contribution in [3.05, 3.63) is 29.3 Å². The number of piperidine rings is 1. The Labute approximate surface area is 133 Å². The molecule has 2 saturated heterocycles. The molecule has 4 rings (SSSR count). The zero-order valence-electron chi connectivity index (χ0n) is 12.7. The summed E-state index contributed by atoms with van der Waals surface area (Å²) in [6.07, 6.45) is 5.10. The molecular formula is C16H20N4OS. The van der Waals surface area contributed by atoms with Gasteiger partial charge in [0, 0.05) is 31.4 Å². The van der Waals surface area contributed by atoms with Crippen LogP contribution >= 0.6 is 11.3 Å². The summed E-state index contributed by atoms with van der Waals surface area (Å²) in [5.74, 6) is 0.201. The van der Waals surface area contributed by atoms with Crippen molar-refractivity contribution >= 4 is 17.2 Å². The van der Waals surface area contributed by atoms with Gasteiger partial charge < -0.3 is 9.80 Å². The maximum atomic E-state index is 12.9. The number of nitrogens with one attached hydrogen (secondary N) is 1. The van der Waals surface area contributed by atoms with Crippen LogP contribution in [0.4, 0.5) is 0 Å². The first-order valence-electron chi connectivity index (χ1n) is 7.78. The first-order chi connectivity index (χ1) is 10.7. The highest BCUT2D eigenvalue weighted by molar-refractivity contribution is 7.17. The molecule has 0 saturated carbocycles. The van der Waals surface area contributed by atoms with Gasteiger partial charge in [0.15, 0.2) is 0 Å². The average molecular weight is 316 g/mol. The van der Waals surface area contributed by atoms with Crippen LogP contribution in [0.5, 0.6) is 0 Å². The van der Waals surface area contributed by atoms with Crippen LogP contribution in [-0.4, -0.2) is 58.1 Å². The molecule has 5 nitrogen and oxygen atoms in total. The standard InChI is InChI=1S/C16H20N4OS/c1-19-9-5-16(6-10-19)7-11-20(16)15(21)14-3-2-13(22-14)12-4-8-17-18-12/h2-4,8H,5-7,9-11H2,1H3,(H,17,18). The Morgan fingerprint density at radius 3 is 2.64 bits per heavy atom. The minimum absolute atomic E-state index is 0.127. The second-order valence-electron chi connectivity index (χ2n) is 6.37. The summed E-state index contributed by atoms with van der Waals surface area (Å²) in [7, 11) is 2.16. The van der Waals surface area contributed by atoms with E-state index in [0.29, 0.717) is 0 Å². The predicted molar refractivity (Wildman–Crippen MR) is 87.0 cm³/mol. The van der Waals surface area contributed by atoms with E-state index in [2.05, 4.69) is 27.0 Å². The van der Waals surface area contributed by atoms with E-state index in [9.17, 15) is 4.79 Å². The molecule has 0 radical (unpaired) electrons. The van der Waals surface area contributed by atoms with E-state index in [1.54, 1.807) is 17.5 Å². The first kappa shape index (κ1) is 14.0. The number of likely N-dealkylation sites (tertiary alicyclic amines) is 2. The lowest BCUT2D eigenvalue weighted by Crippen LogP contribution is -2.65. The Kier molecular flexibility index (Phi) is 3.31. The summed E-state index contributed by atoms with van der Waals surface area (Å²) in [4.78, 5) is 19.2. The highest BCUT2D eigenvalue weighted by atomic mass is 32.1. The van der Waals surface area contributed by atoms with Crippen LogP contribution in [0.15, 0.2) is 24.4 Å². The van der Waals surface area contributed by atoms with Gasteiger partial charge in [-0.3, -0.25) is 9.89 Å². The molecular weight excluding hydrogens is 296 g/mol. The monoisotopic (exact) mass is 316 g/mol. The third-order valence-corrected chi connectivity index (χ3v) is 6.23.